The fraction of sp³-hybridized carbons (Fsp3) is 0.122. The van der Waals surface area contributed by atoms with Crippen molar-refractivity contribution in [3.63, 3.8) is 0 Å². The molecule has 0 aliphatic rings. The first kappa shape index (κ1) is 51.5. The number of para-hydroxylation sites is 4. The summed E-state index contributed by atoms with van der Waals surface area (Å²) in [5.74, 6) is 0.434. The van der Waals surface area contributed by atoms with Gasteiger partial charge in [0.1, 0.15) is 0 Å². The van der Waals surface area contributed by atoms with E-state index in [9.17, 15) is 0 Å². The summed E-state index contributed by atoms with van der Waals surface area (Å²) in [7, 11) is 0. The van der Waals surface area contributed by atoms with E-state index in [1.807, 2.05) is 0 Å². The molecule has 16 aromatic rings. The van der Waals surface area contributed by atoms with E-state index in [4.69, 9.17) is 0 Å². The Morgan fingerprint density at radius 2 is 0.663 bits per heavy atom. The number of rotatable bonds is 10. The van der Waals surface area contributed by atoms with Gasteiger partial charge in [0.2, 0.25) is 0 Å². The Bertz CT molecular complexity index is 5060. The molecule has 0 atom stereocenters. The Kier molecular flexibility index (Phi) is 11.8. The first-order chi connectivity index (χ1) is 42.0. The van der Waals surface area contributed by atoms with Gasteiger partial charge in [0.15, 0.2) is 0 Å². The van der Waals surface area contributed by atoms with Crippen molar-refractivity contribution in [2.24, 2.45) is 0 Å². The van der Waals surface area contributed by atoms with Crippen LogP contribution >= 0.6 is 0 Å². The molecule has 0 amide bonds. The number of hydrogen-bond acceptors (Lipinski definition) is 2. The van der Waals surface area contributed by atoms with Crippen molar-refractivity contribution in [2.75, 3.05) is 9.80 Å². The Hall–Kier alpha value is -10.2. The van der Waals surface area contributed by atoms with Gasteiger partial charge in [-0.15, -0.1) is 0 Å². The fourth-order valence-corrected chi connectivity index (χ4v) is 14.7. The van der Waals surface area contributed by atoms with Crippen LogP contribution in [0.1, 0.15) is 72.9 Å². The molecule has 0 N–H and O–H groups in total. The molecule has 4 nitrogen and oxygen atoms in total. The maximum absolute atomic E-state index is 2.63. The predicted octanol–water partition coefficient (Wildman–Crippen LogP) is 23.5. The molecule has 0 radical (unpaired) electrons. The average molecular weight is 1110 g/mol. The van der Waals surface area contributed by atoms with Gasteiger partial charge in [0, 0.05) is 65.8 Å². The highest BCUT2D eigenvalue weighted by molar-refractivity contribution is 6.30. The molecule has 0 unspecified atom stereocenters. The van der Waals surface area contributed by atoms with Crippen LogP contribution in [0.5, 0.6) is 0 Å². The van der Waals surface area contributed by atoms with Gasteiger partial charge in [0.05, 0.1) is 44.8 Å². The van der Waals surface area contributed by atoms with Crippen molar-refractivity contribution in [2.45, 2.75) is 67.2 Å². The Morgan fingerprint density at radius 1 is 0.291 bits per heavy atom. The summed E-state index contributed by atoms with van der Waals surface area (Å²) in [5.41, 5.74) is 21.6. The van der Waals surface area contributed by atoms with Crippen LogP contribution in [0.25, 0.3) is 109 Å². The maximum Gasteiger partial charge on any atom is 0.0569 e. The minimum Gasteiger partial charge on any atom is -0.309 e. The zero-order valence-electron chi connectivity index (χ0n) is 50.0. The fourth-order valence-electron chi connectivity index (χ4n) is 14.7. The van der Waals surface area contributed by atoms with Gasteiger partial charge in [0.25, 0.3) is 0 Å². The van der Waals surface area contributed by atoms with Crippen LogP contribution in [-0.2, 0) is 0 Å². The molecule has 414 valence electrons. The topological polar surface area (TPSA) is 16.3 Å². The highest BCUT2D eigenvalue weighted by Gasteiger charge is 2.30. The molecule has 0 aliphatic carbocycles. The van der Waals surface area contributed by atoms with Crippen molar-refractivity contribution in [1.29, 1.82) is 0 Å². The van der Waals surface area contributed by atoms with Crippen LogP contribution in [0.4, 0.5) is 34.1 Å². The van der Waals surface area contributed by atoms with Gasteiger partial charge in [-0.05, 0) is 191 Å². The lowest BCUT2D eigenvalue weighted by atomic mass is 9.83. The van der Waals surface area contributed by atoms with Crippen LogP contribution in [0.2, 0.25) is 0 Å². The second kappa shape index (κ2) is 19.7. The molecule has 2 heterocycles. The van der Waals surface area contributed by atoms with Crippen molar-refractivity contribution in [3.05, 3.63) is 276 Å². The molecule has 86 heavy (non-hydrogen) atoms. The number of nitrogens with zero attached hydrogens (tertiary/aromatic N) is 4. The third-order valence-corrected chi connectivity index (χ3v) is 18.7. The zero-order chi connectivity index (χ0) is 58.2. The summed E-state index contributed by atoms with van der Waals surface area (Å²) in [6.45, 7) is 18.5. The van der Waals surface area contributed by atoms with Gasteiger partial charge in [-0.2, -0.15) is 0 Å². The Morgan fingerprint density at radius 3 is 1.08 bits per heavy atom. The number of fused-ring (bicyclic) bond motifs is 8. The van der Waals surface area contributed by atoms with Crippen molar-refractivity contribution < 1.29 is 0 Å². The normalized spacial score (nSPS) is 12.2. The summed E-state index contributed by atoms with van der Waals surface area (Å²) in [4.78, 5) is 5.25. The second-order valence-corrected chi connectivity index (χ2v) is 24.7. The lowest BCUT2D eigenvalue weighted by molar-refractivity contribution is 0.875. The number of hydrogen-bond donors (Lipinski definition) is 0. The molecular formula is C82H66N4. The van der Waals surface area contributed by atoms with Crippen LogP contribution in [0.15, 0.2) is 243 Å². The molecule has 4 heteroatoms. The first-order valence-corrected chi connectivity index (χ1v) is 30.5. The third kappa shape index (κ3) is 7.82. The van der Waals surface area contributed by atoms with Crippen molar-refractivity contribution in [3.8, 4) is 11.4 Å². The van der Waals surface area contributed by atoms with E-state index in [1.54, 1.807) is 0 Å². The zero-order valence-corrected chi connectivity index (χ0v) is 50.0. The smallest absolute Gasteiger partial charge is 0.0569 e. The van der Waals surface area contributed by atoms with Gasteiger partial charge in [-0.1, -0.05) is 184 Å². The molecule has 0 spiro atoms. The van der Waals surface area contributed by atoms with Crippen LogP contribution in [0, 0.1) is 27.7 Å². The van der Waals surface area contributed by atoms with Gasteiger partial charge < -0.3 is 18.9 Å². The number of aromatic nitrogens is 2. The molecule has 0 bridgehead atoms. The first-order valence-electron chi connectivity index (χ1n) is 30.5. The summed E-state index contributed by atoms with van der Waals surface area (Å²) in [6.07, 6.45) is 0. The van der Waals surface area contributed by atoms with Gasteiger partial charge in [-0.25, -0.2) is 0 Å². The van der Waals surface area contributed by atoms with E-state index in [0.717, 1.165) is 22.7 Å². The Labute approximate surface area is 502 Å². The monoisotopic (exact) mass is 1110 g/mol. The Balaban J connectivity index is 1.02. The molecular weight excluding hydrogens is 1040 g/mol. The van der Waals surface area contributed by atoms with Crippen LogP contribution in [-0.4, -0.2) is 9.13 Å². The molecule has 16 rings (SSSR count). The molecule has 0 saturated carbocycles. The summed E-state index contributed by atoms with van der Waals surface area (Å²) in [6, 6.07) is 91.9. The van der Waals surface area contributed by atoms with Gasteiger partial charge >= 0.3 is 0 Å². The largest absolute Gasteiger partial charge is 0.309 e. The molecule has 0 saturated heterocycles. The second-order valence-electron chi connectivity index (χ2n) is 24.7. The average Bonchev–Trinajstić information content (AvgIpc) is 1.05. The highest BCUT2D eigenvalue weighted by Crippen LogP contribution is 2.54. The number of anilines is 6. The quantitative estimate of drug-likeness (QED) is 0.127. The maximum atomic E-state index is 2.63. The van der Waals surface area contributed by atoms with E-state index in [1.165, 1.54) is 154 Å². The van der Waals surface area contributed by atoms with E-state index >= 15 is 0 Å². The SMILES string of the molecule is Cc1ccc2ccc(C)c(N(c3ccc4c(c3)c3ccccc3n4-c3ccccc3)c3cc(C(C)C)c4ccc5c(N(c6ccc7c(c6)c6ccccc6n7-c6ccccc6)c6c(C)ccc7ccc(C)cc67)cc(C(C)C)c6ccc3c4c65)c2c1. The van der Waals surface area contributed by atoms with Crippen LogP contribution in [0.3, 0.4) is 0 Å². The predicted molar refractivity (Wildman–Crippen MR) is 370 cm³/mol. The van der Waals surface area contributed by atoms with Crippen molar-refractivity contribution >= 4 is 132 Å². The standard InChI is InChI=1S/C82H66N4/c1-49(2)67-47-77(85(81-53(7)29-33-55-31-27-51(5)43-69(55)81)59-35-41-75-71(45-59)61-23-15-17-25-73(61)83(75)57-19-11-9-12-20-57)65-40-38-64-68(50(3)4)48-78(66-39-37-63(67)79(65)80(64)66)86(82-54(8)30-34-56-32-28-52(6)44-70(56)82)60-36-42-76-72(46-60)62-24-16-18-26-74(62)84(76)58-21-13-10-14-22-58/h9-50H,1-8H3. The summed E-state index contributed by atoms with van der Waals surface area (Å²) >= 11 is 0. The molecule has 0 fully saturated rings. The third-order valence-electron chi connectivity index (χ3n) is 18.7. The van der Waals surface area contributed by atoms with Crippen molar-refractivity contribution in [1.82, 2.24) is 9.13 Å². The summed E-state index contributed by atoms with van der Waals surface area (Å²) < 4.78 is 4.85. The highest BCUT2D eigenvalue weighted by atomic mass is 15.2. The van der Waals surface area contributed by atoms with E-state index in [0.29, 0.717) is 0 Å². The van der Waals surface area contributed by atoms with Crippen LogP contribution < -0.4 is 9.80 Å². The molecule has 2 aromatic heterocycles. The summed E-state index contributed by atoms with van der Waals surface area (Å²) in [5, 5.41) is 17.5. The minimum atomic E-state index is 0.217. The number of benzene rings is 14. The lowest BCUT2D eigenvalue weighted by Crippen LogP contribution is -2.15. The minimum absolute atomic E-state index is 0.217. The lowest BCUT2D eigenvalue weighted by Gasteiger charge is -2.33. The van der Waals surface area contributed by atoms with Gasteiger partial charge in [-0.3, -0.25) is 0 Å². The molecule has 0 aliphatic heterocycles. The molecule has 14 aromatic carbocycles. The van der Waals surface area contributed by atoms with E-state index in [-0.39, 0.29) is 11.8 Å². The van der Waals surface area contributed by atoms with E-state index in [2.05, 4.69) is 317 Å². The number of aryl methyl sites for hydroxylation is 4. The van der Waals surface area contributed by atoms with E-state index < -0.39 is 0 Å².